The number of nitrogens with two attached hydrogens (primary N) is 1. The van der Waals surface area contributed by atoms with Gasteiger partial charge in [-0.3, -0.25) is 0 Å². The van der Waals surface area contributed by atoms with Gasteiger partial charge in [-0.25, -0.2) is 8.97 Å². The van der Waals surface area contributed by atoms with E-state index in [9.17, 15) is 0 Å². The number of hydrogen-bond donors (Lipinski definition) is 1. The second-order valence-electron chi connectivity index (χ2n) is 8.63. The lowest BCUT2D eigenvalue weighted by Crippen LogP contribution is -2.27. The van der Waals surface area contributed by atoms with E-state index in [-0.39, 0.29) is 5.82 Å². The van der Waals surface area contributed by atoms with Gasteiger partial charge in [0.2, 0.25) is 5.71 Å². The average molecular weight is 442 g/mol. The fourth-order valence-corrected chi connectivity index (χ4v) is 3.85. The van der Waals surface area contributed by atoms with E-state index in [1.807, 2.05) is 33.8 Å². The Bertz CT molecular complexity index is 810. The van der Waals surface area contributed by atoms with Gasteiger partial charge in [-0.05, 0) is 62.8 Å². The summed E-state index contributed by atoms with van der Waals surface area (Å²) in [7, 11) is 0. The summed E-state index contributed by atoms with van der Waals surface area (Å²) in [6, 6.07) is 3.92. The maximum atomic E-state index is 15.1. The number of hydrogen-bond acceptors (Lipinski definition) is 1. The highest BCUT2D eigenvalue weighted by atomic mass is 19.1. The van der Waals surface area contributed by atoms with Crippen LogP contribution < -0.4 is 5.73 Å². The number of rotatable bonds is 6. The molecule has 0 atom stereocenters. The highest BCUT2D eigenvalue weighted by molar-refractivity contribution is 6.10. The normalized spacial score (nSPS) is 18.9. The number of aryl methyl sites for hydroxylation is 1. The Morgan fingerprint density at radius 3 is 2.31 bits per heavy atom. The molecule has 2 nitrogen and oxygen atoms in total. The number of halogens is 1. The van der Waals surface area contributed by atoms with Crippen molar-refractivity contribution in [3.05, 3.63) is 70.2 Å². The van der Waals surface area contributed by atoms with Gasteiger partial charge in [-0.1, -0.05) is 71.3 Å². The van der Waals surface area contributed by atoms with Gasteiger partial charge in [0, 0.05) is 17.7 Å². The van der Waals surface area contributed by atoms with Crippen LogP contribution in [0.5, 0.6) is 0 Å². The molecule has 0 saturated heterocycles. The summed E-state index contributed by atoms with van der Waals surface area (Å²) in [6.45, 7) is 16.0. The van der Waals surface area contributed by atoms with Crippen molar-refractivity contribution in [2.45, 2.75) is 92.9 Å². The minimum Gasteiger partial charge on any atom is -0.402 e. The predicted octanol–water partition coefficient (Wildman–Crippen LogP) is 7.80. The predicted molar refractivity (Wildman–Crippen MR) is 139 cm³/mol. The van der Waals surface area contributed by atoms with E-state index in [1.54, 1.807) is 6.07 Å². The second kappa shape index (κ2) is 14.8. The van der Waals surface area contributed by atoms with E-state index in [0.717, 1.165) is 46.6 Å². The van der Waals surface area contributed by atoms with E-state index >= 15 is 4.39 Å². The van der Waals surface area contributed by atoms with Crippen LogP contribution in [-0.4, -0.2) is 23.4 Å². The minimum absolute atomic E-state index is 0.104. The fourth-order valence-electron chi connectivity index (χ4n) is 3.85. The third kappa shape index (κ3) is 8.76. The van der Waals surface area contributed by atoms with Gasteiger partial charge in [0.25, 0.3) is 0 Å². The lowest BCUT2D eigenvalue weighted by molar-refractivity contribution is -0.516. The molecule has 0 aromatic heterocycles. The molecule has 0 unspecified atom stereocenters. The molecule has 0 bridgehead atoms. The van der Waals surface area contributed by atoms with E-state index < -0.39 is 0 Å². The Kier molecular flexibility index (Phi) is 12.9. The minimum atomic E-state index is -0.104. The summed E-state index contributed by atoms with van der Waals surface area (Å²) in [5.41, 5.74) is 11.6. The summed E-state index contributed by atoms with van der Waals surface area (Å²) < 4.78 is 17.4. The van der Waals surface area contributed by atoms with Gasteiger partial charge in [0.15, 0.2) is 6.54 Å². The molecule has 1 aromatic carbocycles. The Hall–Kier alpha value is -2.16. The lowest BCUT2D eigenvalue weighted by atomic mass is 9.94. The molecule has 0 spiro atoms. The quantitative estimate of drug-likeness (QED) is 0.448. The molecule has 1 aliphatic carbocycles. The zero-order valence-electron chi connectivity index (χ0n) is 21.6. The highest BCUT2D eigenvalue weighted by Gasteiger charge is 2.29. The van der Waals surface area contributed by atoms with Gasteiger partial charge < -0.3 is 5.73 Å². The largest absolute Gasteiger partial charge is 0.402 e. The second-order valence-corrected chi connectivity index (χ2v) is 8.63. The molecule has 32 heavy (non-hydrogen) atoms. The summed E-state index contributed by atoms with van der Waals surface area (Å²) in [5, 5.41) is 0. The standard InChI is InChI=1S/C22H28FN2.C5H12.C2H6/c1-15-7-5-4-6-11-25(12-10-17(3)24)22(15)21-16(2)13-19(14-20(21)23)18-8-9-18;1-3-5-4-2;1-2/h4-5,7,10,13-14,18H,6,8-9,11-12,24H2,1-3H3;3-5H2,1-2H3;1-2H3/q+1;;/b5-4-,15-7+,17-10+,25-22?;;. The van der Waals surface area contributed by atoms with Gasteiger partial charge in [-0.15, -0.1) is 0 Å². The number of nitrogens with zero attached hydrogens (tertiary/aromatic N) is 1. The van der Waals surface area contributed by atoms with Crippen LogP contribution in [0.3, 0.4) is 0 Å². The van der Waals surface area contributed by atoms with Crippen LogP contribution in [0.1, 0.15) is 103 Å². The Morgan fingerprint density at radius 2 is 1.81 bits per heavy atom. The molecule has 1 saturated carbocycles. The number of unbranched alkanes of at least 4 members (excludes halogenated alkanes) is 2. The van der Waals surface area contributed by atoms with Crippen LogP contribution in [0.15, 0.2) is 47.7 Å². The number of benzene rings is 1. The molecular weight excluding hydrogens is 395 g/mol. The van der Waals surface area contributed by atoms with Crippen LogP contribution in [0.4, 0.5) is 4.39 Å². The van der Waals surface area contributed by atoms with Crippen molar-refractivity contribution >= 4 is 5.71 Å². The van der Waals surface area contributed by atoms with Crippen molar-refractivity contribution in [3.63, 3.8) is 0 Å². The highest BCUT2D eigenvalue weighted by Crippen LogP contribution is 2.41. The SMILES string of the molecule is C/C(N)=C\C[N+]1=C(c2c(C)cc(C3CC3)cc2F)/C(C)=C/C=C\CC1.CC.CCCCC. The Labute approximate surface area is 196 Å². The maximum Gasteiger partial charge on any atom is 0.213 e. The monoisotopic (exact) mass is 441 g/mol. The smallest absolute Gasteiger partial charge is 0.213 e. The van der Waals surface area contributed by atoms with Crippen molar-refractivity contribution in [1.29, 1.82) is 0 Å². The zero-order chi connectivity index (χ0) is 24.1. The van der Waals surface area contributed by atoms with Crippen LogP contribution >= 0.6 is 0 Å². The van der Waals surface area contributed by atoms with Gasteiger partial charge in [-0.2, -0.15) is 0 Å². The first kappa shape index (κ1) is 27.9. The average Bonchev–Trinajstić information content (AvgIpc) is 3.59. The van der Waals surface area contributed by atoms with E-state index in [2.05, 4.69) is 49.6 Å². The van der Waals surface area contributed by atoms with E-state index in [0.29, 0.717) is 12.5 Å². The molecule has 1 heterocycles. The van der Waals surface area contributed by atoms with E-state index in [4.69, 9.17) is 5.73 Å². The van der Waals surface area contributed by atoms with Crippen LogP contribution in [0.25, 0.3) is 0 Å². The maximum absolute atomic E-state index is 15.1. The number of allylic oxidation sites excluding steroid dienone is 4. The fraction of sp³-hybridized carbons (Fsp3) is 0.552. The molecule has 0 amide bonds. The van der Waals surface area contributed by atoms with Crippen molar-refractivity contribution in [3.8, 4) is 0 Å². The van der Waals surface area contributed by atoms with Crippen LogP contribution in [0.2, 0.25) is 0 Å². The summed E-state index contributed by atoms with van der Waals surface area (Å²) in [6.07, 6.45) is 15.7. The first-order valence-electron chi connectivity index (χ1n) is 12.6. The first-order chi connectivity index (χ1) is 15.4. The summed E-state index contributed by atoms with van der Waals surface area (Å²) in [4.78, 5) is 0. The zero-order valence-corrected chi connectivity index (χ0v) is 21.6. The van der Waals surface area contributed by atoms with Gasteiger partial charge in [0.05, 0.1) is 5.56 Å². The molecule has 3 rings (SSSR count). The molecule has 2 N–H and O–H groups in total. The molecule has 3 heteroatoms. The lowest BCUT2D eigenvalue weighted by Gasteiger charge is -2.15. The first-order valence-corrected chi connectivity index (χ1v) is 12.6. The molecule has 178 valence electrons. The van der Waals surface area contributed by atoms with Crippen LogP contribution in [-0.2, 0) is 0 Å². The van der Waals surface area contributed by atoms with Crippen molar-refractivity contribution in [1.82, 2.24) is 0 Å². The van der Waals surface area contributed by atoms with Gasteiger partial charge >= 0.3 is 0 Å². The molecule has 1 aromatic rings. The third-order valence-electron chi connectivity index (χ3n) is 5.67. The molecule has 1 fully saturated rings. The molecule has 0 radical (unpaired) electrons. The van der Waals surface area contributed by atoms with Gasteiger partial charge in [0.1, 0.15) is 12.4 Å². The Balaban J connectivity index is 0.000000646. The summed E-state index contributed by atoms with van der Waals surface area (Å²) >= 11 is 0. The van der Waals surface area contributed by atoms with Crippen molar-refractivity contribution in [2.75, 3.05) is 13.1 Å². The van der Waals surface area contributed by atoms with E-state index in [1.165, 1.54) is 32.1 Å². The van der Waals surface area contributed by atoms with Crippen LogP contribution in [0, 0.1) is 12.7 Å². The van der Waals surface area contributed by atoms with Crippen molar-refractivity contribution in [2.24, 2.45) is 5.73 Å². The third-order valence-corrected chi connectivity index (χ3v) is 5.67. The Morgan fingerprint density at radius 1 is 1.16 bits per heavy atom. The van der Waals surface area contributed by atoms with Crippen molar-refractivity contribution < 1.29 is 8.97 Å². The molecular formula is C29H46FN2+. The molecule has 1 aliphatic heterocycles. The molecule has 2 aliphatic rings. The topological polar surface area (TPSA) is 29.0 Å². The summed E-state index contributed by atoms with van der Waals surface area (Å²) in [5.74, 6) is 0.454.